The van der Waals surface area contributed by atoms with Crippen molar-refractivity contribution in [3.05, 3.63) is 69.9 Å². The molecule has 1 saturated carbocycles. The summed E-state index contributed by atoms with van der Waals surface area (Å²) in [5.74, 6) is 3.06. The van der Waals surface area contributed by atoms with Crippen LogP contribution in [-0.4, -0.2) is 4.98 Å². The molecular formula is C27H35N. The fraction of sp³-hybridized carbons (Fsp3) is 0.481. The molecule has 0 bridgehead atoms. The zero-order valence-electron chi connectivity index (χ0n) is 18.0. The molecule has 0 saturated heterocycles. The fourth-order valence-electron chi connectivity index (χ4n) is 6.50. The van der Waals surface area contributed by atoms with Crippen LogP contribution in [0.15, 0.2) is 36.9 Å². The Morgan fingerprint density at radius 3 is 2.71 bits per heavy atom. The number of allylic oxidation sites excluding steroid dienone is 1. The first kappa shape index (κ1) is 18.0. The smallest absolute Gasteiger partial charge is 0.0424 e. The number of fused-ring (bicyclic) bond motifs is 4. The highest BCUT2D eigenvalue weighted by Crippen LogP contribution is 2.53. The van der Waals surface area contributed by atoms with Gasteiger partial charge < -0.3 is 4.98 Å². The number of rotatable bonds is 3. The van der Waals surface area contributed by atoms with Gasteiger partial charge in [-0.3, -0.25) is 0 Å². The summed E-state index contributed by atoms with van der Waals surface area (Å²) in [6, 6.07) is 9.12. The molecule has 1 aromatic carbocycles. The Bertz CT molecular complexity index is 1090. The quantitative estimate of drug-likeness (QED) is 0.691. The molecule has 0 radical (unpaired) electrons. The van der Waals surface area contributed by atoms with Crippen molar-refractivity contribution in [2.24, 2.45) is 23.7 Å². The Morgan fingerprint density at radius 2 is 2.04 bits per heavy atom. The highest BCUT2D eigenvalue weighted by molar-refractivity contribution is 5.77. The lowest BCUT2D eigenvalue weighted by atomic mass is 9.55. The van der Waals surface area contributed by atoms with Gasteiger partial charge in [0.15, 0.2) is 0 Å². The first-order chi connectivity index (χ1) is 13.4. The van der Waals surface area contributed by atoms with Gasteiger partial charge >= 0.3 is 0 Å². The fourth-order valence-corrected chi connectivity index (χ4v) is 6.50. The van der Waals surface area contributed by atoms with Gasteiger partial charge in [-0.05, 0) is 64.7 Å². The molecule has 0 spiro atoms. The third-order valence-electron chi connectivity index (χ3n) is 8.12. The van der Waals surface area contributed by atoms with Gasteiger partial charge in [-0.25, -0.2) is 0 Å². The molecule has 0 amide bonds. The largest absolute Gasteiger partial charge is 0.358 e. The van der Waals surface area contributed by atoms with E-state index in [1.54, 1.807) is 5.57 Å². The van der Waals surface area contributed by atoms with Crippen molar-refractivity contribution >= 4 is 11.6 Å². The van der Waals surface area contributed by atoms with E-state index in [2.05, 4.69) is 82.6 Å². The minimum atomic E-state index is 0. The number of nitrogens with one attached hydrogen (secondary N) is 1. The second kappa shape index (κ2) is 5.99. The Labute approximate surface area is 170 Å². The summed E-state index contributed by atoms with van der Waals surface area (Å²) in [5.41, 5.74) is 7.61. The minimum absolute atomic E-state index is 0. The molecule has 1 N–H and O–H groups in total. The molecule has 1 aromatic heterocycles. The Morgan fingerprint density at radius 1 is 1.29 bits per heavy atom. The van der Waals surface area contributed by atoms with E-state index in [1.165, 1.54) is 45.8 Å². The molecule has 2 aromatic rings. The zero-order chi connectivity index (χ0) is 19.8. The van der Waals surface area contributed by atoms with Crippen LogP contribution in [0.4, 0.5) is 0 Å². The molecule has 1 fully saturated rings. The van der Waals surface area contributed by atoms with Crippen LogP contribution >= 0.6 is 0 Å². The molecule has 1 heterocycles. The number of aromatic nitrogens is 1. The van der Waals surface area contributed by atoms with Crippen LogP contribution < -0.4 is 10.6 Å². The van der Waals surface area contributed by atoms with Crippen LogP contribution in [0.25, 0.3) is 11.6 Å². The number of H-pyrrole nitrogens is 1. The number of hydrogen-bond donors (Lipinski definition) is 1. The van der Waals surface area contributed by atoms with Gasteiger partial charge in [-0.15, -0.1) is 6.58 Å². The van der Waals surface area contributed by atoms with E-state index in [9.17, 15) is 0 Å². The van der Waals surface area contributed by atoms with Crippen molar-refractivity contribution in [3.63, 3.8) is 0 Å². The average Bonchev–Trinajstić information content (AvgIpc) is 3.39. The highest BCUT2D eigenvalue weighted by Gasteiger charge is 2.47. The standard InChI is InChI=1S/C27H33N.H2/c1-7-17-14-19(17)26-16(4)24-22(28-26)13-15(3)23-20(8-2)27(5,6)21-12-10-9-11-18(21)25(23)24;/h8-13,15,17,19-20,23,28H,2,7,14H2,1,3-6H3;1H. The minimum Gasteiger partial charge on any atom is -0.358 e. The molecular weight excluding hydrogens is 338 g/mol. The summed E-state index contributed by atoms with van der Waals surface area (Å²) in [4.78, 5) is 3.87. The molecule has 28 heavy (non-hydrogen) atoms. The van der Waals surface area contributed by atoms with E-state index in [4.69, 9.17) is 0 Å². The Balaban J connectivity index is 0.00000205. The van der Waals surface area contributed by atoms with Gasteiger partial charge in [0.25, 0.3) is 0 Å². The first-order valence-electron chi connectivity index (χ1n) is 11.1. The third kappa shape index (κ3) is 2.25. The summed E-state index contributed by atoms with van der Waals surface area (Å²) < 4.78 is 0. The summed E-state index contributed by atoms with van der Waals surface area (Å²) in [6.07, 6.45) is 7.38. The molecule has 5 atom stereocenters. The number of hydrogen-bond acceptors (Lipinski definition) is 0. The predicted molar refractivity (Wildman–Crippen MR) is 121 cm³/mol. The van der Waals surface area contributed by atoms with Crippen molar-refractivity contribution in [1.29, 1.82) is 0 Å². The third-order valence-corrected chi connectivity index (χ3v) is 8.12. The summed E-state index contributed by atoms with van der Waals surface area (Å²) in [7, 11) is 0. The predicted octanol–water partition coefficient (Wildman–Crippen LogP) is 5.42. The number of benzene rings is 1. The lowest BCUT2D eigenvalue weighted by molar-refractivity contribution is 0.269. The normalized spacial score (nSPS) is 32.0. The molecule has 3 aliphatic rings. The van der Waals surface area contributed by atoms with E-state index in [1.807, 2.05) is 0 Å². The first-order valence-corrected chi connectivity index (χ1v) is 11.1. The number of aromatic amines is 1. The molecule has 3 aliphatic carbocycles. The van der Waals surface area contributed by atoms with Crippen LogP contribution in [0, 0.1) is 30.6 Å². The summed E-state index contributed by atoms with van der Waals surface area (Å²) in [6.45, 7) is 16.2. The van der Waals surface area contributed by atoms with E-state index < -0.39 is 0 Å². The van der Waals surface area contributed by atoms with Crippen molar-refractivity contribution in [3.8, 4) is 0 Å². The molecule has 5 unspecified atom stereocenters. The van der Waals surface area contributed by atoms with Crippen molar-refractivity contribution in [2.45, 2.75) is 58.8 Å². The van der Waals surface area contributed by atoms with Gasteiger partial charge in [0.05, 0.1) is 0 Å². The topological polar surface area (TPSA) is 15.8 Å². The van der Waals surface area contributed by atoms with Gasteiger partial charge in [-0.1, -0.05) is 70.5 Å². The van der Waals surface area contributed by atoms with Gasteiger partial charge in [0.1, 0.15) is 0 Å². The monoisotopic (exact) mass is 373 g/mol. The van der Waals surface area contributed by atoms with E-state index in [0.717, 1.165) is 11.8 Å². The van der Waals surface area contributed by atoms with Gasteiger partial charge in [0.2, 0.25) is 0 Å². The zero-order valence-corrected chi connectivity index (χ0v) is 18.0. The second-order valence-electron chi connectivity index (χ2n) is 9.96. The molecule has 5 rings (SSSR count). The lowest BCUT2D eigenvalue weighted by Crippen LogP contribution is -2.47. The molecule has 0 aliphatic heterocycles. The van der Waals surface area contributed by atoms with Crippen molar-refractivity contribution in [1.82, 2.24) is 4.98 Å². The molecule has 1 heteroatoms. The van der Waals surface area contributed by atoms with Crippen molar-refractivity contribution in [2.75, 3.05) is 0 Å². The van der Waals surface area contributed by atoms with E-state index >= 15 is 0 Å². The maximum Gasteiger partial charge on any atom is 0.0424 e. The highest BCUT2D eigenvalue weighted by atomic mass is 14.8. The molecule has 148 valence electrons. The van der Waals surface area contributed by atoms with E-state index in [-0.39, 0.29) is 6.84 Å². The Hall–Kier alpha value is -2.02. The lowest BCUT2D eigenvalue weighted by Gasteiger charge is -2.48. The van der Waals surface area contributed by atoms with Gasteiger partial charge in [-0.2, -0.15) is 0 Å². The Kier molecular flexibility index (Phi) is 3.86. The second-order valence-corrected chi connectivity index (χ2v) is 9.96. The van der Waals surface area contributed by atoms with Crippen LogP contribution in [0.5, 0.6) is 0 Å². The average molecular weight is 374 g/mol. The van der Waals surface area contributed by atoms with Crippen LogP contribution in [0.3, 0.4) is 0 Å². The molecule has 1 nitrogen and oxygen atoms in total. The summed E-state index contributed by atoms with van der Waals surface area (Å²) in [5, 5.41) is 2.86. The van der Waals surface area contributed by atoms with Crippen LogP contribution in [0.1, 0.15) is 70.3 Å². The van der Waals surface area contributed by atoms with Crippen LogP contribution in [-0.2, 0) is 5.41 Å². The van der Waals surface area contributed by atoms with E-state index in [0.29, 0.717) is 17.8 Å². The van der Waals surface area contributed by atoms with Crippen LogP contribution in [0.2, 0.25) is 0 Å². The maximum absolute atomic E-state index is 4.29. The maximum atomic E-state index is 4.29. The van der Waals surface area contributed by atoms with Crippen molar-refractivity contribution < 1.29 is 1.43 Å². The summed E-state index contributed by atoms with van der Waals surface area (Å²) >= 11 is 0. The SMILES string of the molecule is C=CC1C2C(=c3c(C)c(C4CC4CC)[nH]c3=CC2C)c2ccccc2C1(C)C.[HH]. The van der Waals surface area contributed by atoms with Gasteiger partial charge in [0, 0.05) is 23.6 Å².